The van der Waals surface area contributed by atoms with Gasteiger partial charge in [-0.25, -0.2) is 0 Å². The second-order valence-corrected chi connectivity index (χ2v) is 4.10. The summed E-state index contributed by atoms with van der Waals surface area (Å²) in [5, 5.41) is 8.59. The summed E-state index contributed by atoms with van der Waals surface area (Å²) in [6.07, 6.45) is 1.23. The minimum absolute atomic E-state index is 0.327. The van der Waals surface area contributed by atoms with Gasteiger partial charge in [0.05, 0.1) is 5.92 Å². The van der Waals surface area contributed by atoms with E-state index in [2.05, 4.69) is 12.6 Å². The van der Waals surface area contributed by atoms with Gasteiger partial charge in [0.15, 0.2) is 0 Å². The average Bonchev–Trinajstić information content (AvgIpc) is 2.00. The molecule has 0 spiro atoms. The molecule has 0 bridgehead atoms. The zero-order chi connectivity index (χ0) is 9.78. The van der Waals surface area contributed by atoms with E-state index >= 15 is 0 Å². The Kier molecular flexibility index (Phi) is 4.63. The number of thiol groups is 1. The topological polar surface area (TPSA) is 46.5 Å². The Morgan fingerprint density at radius 3 is 2.58 bits per heavy atom. The first-order chi connectivity index (χ1) is 5.39. The maximum absolute atomic E-state index is 10.4. The summed E-state index contributed by atoms with van der Waals surface area (Å²) in [7, 11) is 1.57. The molecule has 0 fully saturated rings. The van der Waals surface area contributed by atoms with E-state index in [1.165, 1.54) is 0 Å². The molecule has 0 aliphatic carbocycles. The molecule has 4 heteroatoms. The van der Waals surface area contributed by atoms with Crippen LogP contribution >= 0.6 is 12.6 Å². The first kappa shape index (κ1) is 11.8. The summed E-state index contributed by atoms with van der Waals surface area (Å²) < 4.78 is 5.04. The van der Waals surface area contributed by atoms with Crippen LogP contribution in [0.1, 0.15) is 26.7 Å². The van der Waals surface area contributed by atoms with Crippen molar-refractivity contribution in [2.24, 2.45) is 5.92 Å². The average molecular weight is 192 g/mol. The summed E-state index contributed by atoms with van der Waals surface area (Å²) >= 11 is 4.21. The fourth-order valence-electron chi connectivity index (χ4n) is 0.710. The molecule has 0 aliphatic rings. The minimum Gasteiger partial charge on any atom is -0.481 e. The number of carboxylic acid groups (broad SMARTS) is 1. The molecule has 0 saturated heterocycles. The summed E-state index contributed by atoms with van der Waals surface area (Å²) in [6, 6.07) is 0. The molecule has 0 aromatic heterocycles. The van der Waals surface area contributed by atoms with E-state index < -0.39 is 10.9 Å². The highest BCUT2D eigenvalue weighted by Gasteiger charge is 2.20. The molecule has 0 radical (unpaired) electrons. The summed E-state index contributed by atoms with van der Waals surface area (Å²) in [6.45, 7) is 3.51. The van der Waals surface area contributed by atoms with Crippen LogP contribution in [0.25, 0.3) is 0 Å². The second-order valence-electron chi connectivity index (χ2n) is 3.16. The van der Waals surface area contributed by atoms with Crippen LogP contribution in [0.15, 0.2) is 0 Å². The molecule has 1 N–H and O–H groups in total. The lowest BCUT2D eigenvalue weighted by Crippen LogP contribution is -2.21. The van der Waals surface area contributed by atoms with E-state index in [-0.39, 0.29) is 5.92 Å². The van der Waals surface area contributed by atoms with Crippen molar-refractivity contribution in [3.05, 3.63) is 0 Å². The predicted molar refractivity (Wildman–Crippen MR) is 50.4 cm³/mol. The van der Waals surface area contributed by atoms with Gasteiger partial charge in [0.1, 0.15) is 4.93 Å². The highest BCUT2D eigenvalue weighted by Crippen LogP contribution is 2.23. The molecule has 2 atom stereocenters. The van der Waals surface area contributed by atoms with Crippen LogP contribution in [0.2, 0.25) is 0 Å². The number of carbonyl (C=O) groups is 1. The maximum Gasteiger partial charge on any atom is 0.306 e. The summed E-state index contributed by atoms with van der Waals surface area (Å²) in [5.41, 5.74) is 0. The summed E-state index contributed by atoms with van der Waals surface area (Å²) in [5.74, 6) is -1.10. The van der Waals surface area contributed by atoms with E-state index in [9.17, 15) is 4.79 Å². The van der Waals surface area contributed by atoms with Gasteiger partial charge in [-0.05, 0) is 19.8 Å². The zero-order valence-electron chi connectivity index (χ0n) is 7.70. The lowest BCUT2D eigenvalue weighted by molar-refractivity contribution is -0.141. The van der Waals surface area contributed by atoms with Crippen LogP contribution in [0.5, 0.6) is 0 Å². The first-order valence-electron chi connectivity index (χ1n) is 3.89. The molecule has 0 saturated carbocycles. The van der Waals surface area contributed by atoms with Crippen molar-refractivity contribution in [3.63, 3.8) is 0 Å². The fourth-order valence-corrected chi connectivity index (χ4v) is 0.839. The van der Waals surface area contributed by atoms with E-state index in [0.717, 1.165) is 0 Å². The van der Waals surface area contributed by atoms with Crippen LogP contribution in [0.3, 0.4) is 0 Å². The largest absolute Gasteiger partial charge is 0.481 e. The predicted octanol–water partition coefficient (Wildman–Crippen LogP) is 1.78. The molecule has 72 valence electrons. The number of hydrogen-bond donors (Lipinski definition) is 2. The van der Waals surface area contributed by atoms with Crippen LogP contribution < -0.4 is 0 Å². The third kappa shape index (κ3) is 4.62. The number of hydrogen-bond acceptors (Lipinski definition) is 3. The molecule has 0 aromatic rings. The quantitative estimate of drug-likeness (QED) is 0.515. The van der Waals surface area contributed by atoms with Crippen molar-refractivity contribution in [1.29, 1.82) is 0 Å². The van der Waals surface area contributed by atoms with Crippen molar-refractivity contribution in [2.45, 2.75) is 31.6 Å². The Morgan fingerprint density at radius 2 is 2.25 bits per heavy atom. The van der Waals surface area contributed by atoms with Gasteiger partial charge in [0, 0.05) is 7.11 Å². The summed E-state index contributed by atoms with van der Waals surface area (Å²) in [4.78, 5) is 9.93. The van der Waals surface area contributed by atoms with Crippen molar-refractivity contribution in [1.82, 2.24) is 0 Å². The molecule has 0 aromatic carbocycles. The van der Waals surface area contributed by atoms with Gasteiger partial charge in [-0.2, -0.15) is 0 Å². The Hall–Kier alpha value is -0.220. The number of rotatable bonds is 5. The Balaban J connectivity index is 3.75. The van der Waals surface area contributed by atoms with Crippen molar-refractivity contribution in [2.75, 3.05) is 7.11 Å². The number of methoxy groups -OCH3 is 1. The third-order valence-electron chi connectivity index (χ3n) is 1.90. The fraction of sp³-hybridized carbons (Fsp3) is 0.875. The number of carboxylic acids is 1. The van der Waals surface area contributed by atoms with Gasteiger partial charge in [-0.1, -0.05) is 6.92 Å². The van der Waals surface area contributed by atoms with Gasteiger partial charge in [0.25, 0.3) is 0 Å². The van der Waals surface area contributed by atoms with E-state index in [0.29, 0.717) is 12.8 Å². The highest BCUT2D eigenvalue weighted by molar-refractivity contribution is 7.81. The Bertz CT molecular complexity index is 156. The molecule has 0 aliphatic heterocycles. The molecular formula is C8H16O3S. The van der Waals surface area contributed by atoms with Gasteiger partial charge >= 0.3 is 5.97 Å². The molecule has 0 amide bonds. The minimum atomic E-state index is -0.768. The van der Waals surface area contributed by atoms with Crippen LogP contribution in [-0.4, -0.2) is 23.1 Å². The monoisotopic (exact) mass is 192 g/mol. The van der Waals surface area contributed by atoms with Gasteiger partial charge in [-0.15, -0.1) is 12.6 Å². The zero-order valence-corrected chi connectivity index (χ0v) is 8.60. The van der Waals surface area contributed by atoms with Crippen LogP contribution in [0.4, 0.5) is 0 Å². The number of ether oxygens (including phenoxy) is 1. The lowest BCUT2D eigenvalue weighted by atomic mass is 10.0. The smallest absolute Gasteiger partial charge is 0.306 e. The molecular weight excluding hydrogens is 176 g/mol. The van der Waals surface area contributed by atoms with Crippen LogP contribution in [0, 0.1) is 5.92 Å². The Labute approximate surface area is 78.5 Å². The standard InChI is InChI=1S/C8H16O3S/c1-6(7(9)10)4-5-8(2,12)11-3/h6,12H,4-5H2,1-3H3,(H,9,10). The van der Waals surface area contributed by atoms with Crippen molar-refractivity contribution >= 4 is 18.6 Å². The maximum atomic E-state index is 10.4. The number of aliphatic carboxylic acids is 1. The van der Waals surface area contributed by atoms with Gasteiger partial charge < -0.3 is 9.84 Å². The van der Waals surface area contributed by atoms with Gasteiger partial charge in [0.2, 0.25) is 0 Å². The SMILES string of the molecule is COC(C)(S)CCC(C)C(=O)O. The van der Waals surface area contributed by atoms with Crippen molar-refractivity contribution in [3.8, 4) is 0 Å². The molecule has 3 nitrogen and oxygen atoms in total. The van der Waals surface area contributed by atoms with E-state index in [4.69, 9.17) is 9.84 Å². The lowest BCUT2D eigenvalue weighted by Gasteiger charge is -2.22. The van der Waals surface area contributed by atoms with E-state index in [1.807, 2.05) is 6.92 Å². The molecule has 12 heavy (non-hydrogen) atoms. The normalized spacial score (nSPS) is 18.3. The van der Waals surface area contributed by atoms with Crippen molar-refractivity contribution < 1.29 is 14.6 Å². The Morgan fingerprint density at radius 1 is 1.75 bits per heavy atom. The van der Waals surface area contributed by atoms with E-state index in [1.54, 1.807) is 14.0 Å². The highest BCUT2D eigenvalue weighted by atomic mass is 32.1. The molecule has 0 rings (SSSR count). The first-order valence-corrected chi connectivity index (χ1v) is 4.34. The third-order valence-corrected chi connectivity index (χ3v) is 2.31. The second kappa shape index (κ2) is 4.72. The molecule has 0 heterocycles. The van der Waals surface area contributed by atoms with Crippen LogP contribution in [-0.2, 0) is 9.53 Å². The molecule has 2 unspecified atom stereocenters. The van der Waals surface area contributed by atoms with Gasteiger partial charge in [-0.3, -0.25) is 4.79 Å².